The maximum Gasteiger partial charge on any atom is 0.169 e. The van der Waals surface area contributed by atoms with Crippen LogP contribution in [-0.4, -0.2) is 34.1 Å². The Kier molecular flexibility index (Phi) is 4.40. The lowest BCUT2D eigenvalue weighted by Gasteiger charge is -2.10. The van der Waals surface area contributed by atoms with Gasteiger partial charge in [-0.25, -0.2) is 4.98 Å². The molecule has 0 fully saturated rings. The van der Waals surface area contributed by atoms with Gasteiger partial charge in [0.25, 0.3) is 0 Å². The van der Waals surface area contributed by atoms with Crippen LogP contribution in [0.5, 0.6) is 0 Å². The molecule has 0 atom stereocenters. The zero-order chi connectivity index (χ0) is 16.2. The molecule has 8 nitrogen and oxygen atoms in total. The van der Waals surface area contributed by atoms with Gasteiger partial charge in [-0.15, -0.1) is 10.2 Å². The molecular formula is C15H22N8. The minimum absolute atomic E-state index is 0.608. The van der Waals surface area contributed by atoms with Gasteiger partial charge < -0.3 is 14.9 Å². The van der Waals surface area contributed by atoms with E-state index in [9.17, 15) is 0 Å². The Labute approximate surface area is 135 Å². The molecule has 8 heteroatoms. The molecule has 0 amide bonds. The van der Waals surface area contributed by atoms with E-state index in [0.29, 0.717) is 5.82 Å². The summed E-state index contributed by atoms with van der Waals surface area (Å²) >= 11 is 0. The molecule has 0 saturated heterocycles. The van der Waals surface area contributed by atoms with Crippen LogP contribution in [0.15, 0.2) is 24.9 Å². The minimum atomic E-state index is 0.608. The number of nitrogens with two attached hydrogens (primary N) is 1. The van der Waals surface area contributed by atoms with E-state index in [0.717, 1.165) is 49.6 Å². The van der Waals surface area contributed by atoms with Crippen LogP contribution in [0.25, 0.3) is 11.4 Å². The standard InChI is InChI=1S/C15H22N8/c1-3-5-13-19-20-15(12-10-18-21(2)14(12)16)23(13)8-4-7-22-9-6-17-11-22/h6,9-11H,3-5,7-8,16H2,1-2H3. The fourth-order valence-electron chi connectivity index (χ4n) is 2.63. The number of anilines is 1. The minimum Gasteiger partial charge on any atom is -0.383 e. The second-order valence-corrected chi connectivity index (χ2v) is 5.56. The van der Waals surface area contributed by atoms with Crippen molar-refractivity contribution >= 4 is 5.82 Å². The molecule has 3 aromatic heterocycles. The second kappa shape index (κ2) is 6.64. The van der Waals surface area contributed by atoms with Gasteiger partial charge in [-0.05, 0) is 12.8 Å². The van der Waals surface area contributed by atoms with Crippen LogP contribution in [0.2, 0.25) is 0 Å². The van der Waals surface area contributed by atoms with Crippen molar-refractivity contribution in [3.8, 4) is 11.4 Å². The van der Waals surface area contributed by atoms with Crippen molar-refractivity contribution in [3.63, 3.8) is 0 Å². The molecule has 3 aromatic rings. The summed E-state index contributed by atoms with van der Waals surface area (Å²) in [5.41, 5.74) is 6.94. The Morgan fingerprint density at radius 1 is 1.22 bits per heavy atom. The van der Waals surface area contributed by atoms with Gasteiger partial charge in [-0.2, -0.15) is 5.10 Å². The van der Waals surface area contributed by atoms with Crippen molar-refractivity contribution in [3.05, 3.63) is 30.7 Å². The average molecular weight is 314 g/mol. The molecule has 2 N–H and O–H groups in total. The first kappa shape index (κ1) is 15.3. The Hall–Kier alpha value is -2.64. The highest BCUT2D eigenvalue weighted by Crippen LogP contribution is 2.24. The van der Waals surface area contributed by atoms with Crippen molar-refractivity contribution in [2.75, 3.05) is 5.73 Å². The summed E-state index contributed by atoms with van der Waals surface area (Å²) in [6, 6.07) is 0. The highest BCUT2D eigenvalue weighted by molar-refractivity contribution is 5.68. The summed E-state index contributed by atoms with van der Waals surface area (Å²) in [6.45, 7) is 3.89. The Morgan fingerprint density at radius 3 is 2.74 bits per heavy atom. The number of aryl methyl sites for hydroxylation is 3. The normalized spacial score (nSPS) is 11.2. The molecule has 23 heavy (non-hydrogen) atoms. The Bertz CT molecular complexity index is 753. The molecule has 0 unspecified atom stereocenters. The topological polar surface area (TPSA) is 92.4 Å². The Morgan fingerprint density at radius 2 is 2.09 bits per heavy atom. The number of aromatic nitrogens is 7. The van der Waals surface area contributed by atoms with Crippen molar-refractivity contribution in [1.29, 1.82) is 0 Å². The molecule has 3 rings (SSSR count). The van der Waals surface area contributed by atoms with Crippen LogP contribution in [0.3, 0.4) is 0 Å². The van der Waals surface area contributed by atoms with Crippen molar-refractivity contribution < 1.29 is 0 Å². The van der Waals surface area contributed by atoms with Crippen LogP contribution < -0.4 is 5.73 Å². The van der Waals surface area contributed by atoms with Gasteiger partial charge in [-0.1, -0.05) is 6.92 Å². The number of imidazole rings is 1. The van der Waals surface area contributed by atoms with Gasteiger partial charge in [0.05, 0.1) is 18.1 Å². The maximum atomic E-state index is 6.10. The van der Waals surface area contributed by atoms with E-state index in [4.69, 9.17) is 5.73 Å². The van der Waals surface area contributed by atoms with Crippen LogP contribution >= 0.6 is 0 Å². The van der Waals surface area contributed by atoms with E-state index < -0.39 is 0 Å². The first-order valence-corrected chi connectivity index (χ1v) is 7.86. The van der Waals surface area contributed by atoms with E-state index in [1.165, 1.54) is 0 Å². The van der Waals surface area contributed by atoms with Gasteiger partial charge in [0.15, 0.2) is 5.82 Å². The highest BCUT2D eigenvalue weighted by atomic mass is 15.3. The van der Waals surface area contributed by atoms with Crippen molar-refractivity contribution in [2.45, 2.75) is 39.3 Å². The summed E-state index contributed by atoms with van der Waals surface area (Å²) in [5.74, 6) is 2.40. The number of rotatable bonds is 7. The van der Waals surface area contributed by atoms with Crippen LogP contribution in [0.1, 0.15) is 25.6 Å². The lowest BCUT2D eigenvalue weighted by atomic mass is 10.2. The molecule has 0 spiro atoms. The summed E-state index contributed by atoms with van der Waals surface area (Å²) < 4.78 is 5.88. The lowest BCUT2D eigenvalue weighted by Crippen LogP contribution is -2.09. The molecule has 0 aliphatic carbocycles. The van der Waals surface area contributed by atoms with Gasteiger partial charge in [0, 0.05) is 39.0 Å². The van der Waals surface area contributed by atoms with Crippen LogP contribution in [-0.2, 0) is 26.6 Å². The molecule has 0 aromatic carbocycles. The number of hydrogen-bond acceptors (Lipinski definition) is 5. The molecule has 0 aliphatic rings. The predicted octanol–water partition coefficient (Wildman–Crippen LogP) is 1.50. The van der Waals surface area contributed by atoms with E-state index in [2.05, 4.69) is 36.3 Å². The molecule has 0 saturated carbocycles. The summed E-state index contributed by atoms with van der Waals surface area (Å²) in [5, 5.41) is 12.9. The van der Waals surface area contributed by atoms with Crippen LogP contribution in [0, 0.1) is 0 Å². The number of nitrogen functional groups attached to an aromatic ring is 1. The van der Waals surface area contributed by atoms with Crippen LogP contribution in [0.4, 0.5) is 5.82 Å². The largest absolute Gasteiger partial charge is 0.383 e. The molecule has 0 bridgehead atoms. The van der Waals surface area contributed by atoms with E-state index in [1.807, 2.05) is 19.6 Å². The SMILES string of the molecule is CCCc1nnc(-c2cnn(C)c2N)n1CCCn1ccnc1. The quantitative estimate of drug-likeness (QED) is 0.713. The average Bonchev–Trinajstić information content (AvgIpc) is 3.25. The second-order valence-electron chi connectivity index (χ2n) is 5.56. The van der Waals surface area contributed by atoms with E-state index in [-0.39, 0.29) is 0 Å². The van der Waals surface area contributed by atoms with Gasteiger partial charge in [0.1, 0.15) is 11.6 Å². The third-order valence-electron chi connectivity index (χ3n) is 3.88. The van der Waals surface area contributed by atoms with Gasteiger partial charge in [-0.3, -0.25) is 4.68 Å². The van der Waals surface area contributed by atoms with Crippen molar-refractivity contribution in [1.82, 2.24) is 34.1 Å². The molecular weight excluding hydrogens is 292 g/mol. The third kappa shape index (κ3) is 3.10. The third-order valence-corrected chi connectivity index (χ3v) is 3.88. The summed E-state index contributed by atoms with van der Waals surface area (Å²) in [7, 11) is 1.82. The predicted molar refractivity (Wildman–Crippen MR) is 87.5 cm³/mol. The zero-order valence-electron chi connectivity index (χ0n) is 13.6. The molecule has 0 aliphatic heterocycles. The van der Waals surface area contributed by atoms with E-state index >= 15 is 0 Å². The van der Waals surface area contributed by atoms with Gasteiger partial charge >= 0.3 is 0 Å². The lowest BCUT2D eigenvalue weighted by molar-refractivity contribution is 0.549. The fraction of sp³-hybridized carbons (Fsp3) is 0.467. The molecule has 3 heterocycles. The molecule has 0 radical (unpaired) electrons. The molecule has 122 valence electrons. The zero-order valence-corrected chi connectivity index (χ0v) is 13.6. The number of hydrogen-bond donors (Lipinski definition) is 1. The Balaban J connectivity index is 1.83. The van der Waals surface area contributed by atoms with Gasteiger partial charge in [0.2, 0.25) is 0 Å². The fourth-order valence-corrected chi connectivity index (χ4v) is 2.63. The summed E-state index contributed by atoms with van der Waals surface area (Å²) in [6.07, 6.45) is 10.3. The first-order chi connectivity index (χ1) is 11.2. The first-order valence-electron chi connectivity index (χ1n) is 7.86. The smallest absolute Gasteiger partial charge is 0.169 e. The number of nitrogens with zero attached hydrogens (tertiary/aromatic N) is 7. The van der Waals surface area contributed by atoms with Crippen molar-refractivity contribution in [2.24, 2.45) is 7.05 Å². The summed E-state index contributed by atoms with van der Waals surface area (Å²) in [4.78, 5) is 4.07. The highest BCUT2D eigenvalue weighted by Gasteiger charge is 2.17. The monoisotopic (exact) mass is 314 g/mol. The van der Waals surface area contributed by atoms with E-state index in [1.54, 1.807) is 17.1 Å². The maximum absolute atomic E-state index is 6.10.